The van der Waals surface area contributed by atoms with Gasteiger partial charge in [-0.2, -0.15) is 0 Å². The van der Waals surface area contributed by atoms with Gasteiger partial charge in [0.15, 0.2) is 0 Å². The summed E-state index contributed by atoms with van der Waals surface area (Å²) in [6.07, 6.45) is 6.61. The van der Waals surface area contributed by atoms with Crippen molar-refractivity contribution in [3.8, 4) is 5.75 Å². The van der Waals surface area contributed by atoms with Crippen LogP contribution in [0, 0.1) is 6.92 Å². The molecule has 1 fully saturated rings. The molecule has 0 aromatic carbocycles. The second-order valence-electron chi connectivity index (χ2n) is 5.61. The van der Waals surface area contributed by atoms with Gasteiger partial charge >= 0.3 is 0 Å². The van der Waals surface area contributed by atoms with Crippen molar-refractivity contribution in [2.24, 2.45) is 0 Å². The number of hydrogen-bond donors (Lipinski definition) is 1. The van der Waals surface area contributed by atoms with E-state index in [9.17, 15) is 0 Å². The Bertz CT molecular complexity index is 397. The summed E-state index contributed by atoms with van der Waals surface area (Å²) >= 11 is 0. The van der Waals surface area contributed by atoms with E-state index in [0.717, 1.165) is 23.7 Å². The molecule has 0 saturated heterocycles. The zero-order chi connectivity index (χ0) is 13.0. The van der Waals surface area contributed by atoms with Gasteiger partial charge in [0.05, 0.1) is 12.8 Å². The number of hydrogen-bond acceptors (Lipinski definition) is 3. The van der Waals surface area contributed by atoms with Crippen LogP contribution < -0.4 is 10.1 Å². The number of aryl methyl sites for hydroxylation is 1. The fraction of sp³-hybridized carbons (Fsp3) is 0.667. The van der Waals surface area contributed by atoms with Crippen LogP contribution in [0.3, 0.4) is 0 Å². The molecule has 0 aliphatic heterocycles. The fourth-order valence-electron chi connectivity index (χ4n) is 2.72. The second-order valence-corrected chi connectivity index (χ2v) is 5.61. The molecule has 2 rings (SSSR count). The predicted molar refractivity (Wildman–Crippen MR) is 73.9 cm³/mol. The molecule has 0 amide bonds. The zero-order valence-corrected chi connectivity index (χ0v) is 11.8. The molecule has 0 radical (unpaired) electrons. The van der Waals surface area contributed by atoms with E-state index in [-0.39, 0.29) is 5.54 Å². The summed E-state index contributed by atoms with van der Waals surface area (Å²) < 4.78 is 5.28. The number of aromatic nitrogens is 1. The average molecular weight is 248 g/mol. The standard InChI is InChI=1S/C15H24N2O/c1-12-9-14(18-3)10-13(17-12)11-16-15(2)7-5-4-6-8-15/h9-10,16H,4-8,11H2,1-3H3. The summed E-state index contributed by atoms with van der Waals surface area (Å²) in [5.41, 5.74) is 2.37. The minimum absolute atomic E-state index is 0.289. The number of rotatable bonds is 4. The second kappa shape index (κ2) is 5.70. The summed E-state index contributed by atoms with van der Waals surface area (Å²) in [5.74, 6) is 0.896. The van der Waals surface area contributed by atoms with Crippen molar-refractivity contribution in [3.05, 3.63) is 23.5 Å². The SMILES string of the molecule is COc1cc(C)nc(CNC2(C)CCCCC2)c1. The molecule has 1 saturated carbocycles. The molecule has 0 unspecified atom stereocenters. The zero-order valence-electron chi connectivity index (χ0n) is 11.8. The van der Waals surface area contributed by atoms with Crippen LogP contribution in [0.2, 0.25) is 0 Å². The molecule has 0 atom stereocenters. The number of nitrogens with one attached hydrogen (secondary N) is 1. The van der Waals surface area contributed by atoms with Gasteiger partial charge in [0.2, 0.25) is 0 Å². The van der Waals surface area contributed by atoms with Crippen LogP contribution in [0.15, 0.2) is 12.1 Å². The monoisotopic (exact) mass is 248 g/mol. The molecule has 1 aliphatic carbocycles. The Morgan fingerprint density at radius 3 is 2.67 bits per heavy atom. The lowest BCUT2D eigenvalue weighted by Gasteiger charge is -2.34. The molecular formula is C15H24N2O. The Balaban J connectivity index is 1.98. The summed E-state index contributed by atoms with van der Waals surface area (Å²) in [6, 6.07) is 3.98. The first kappa shape index (κ1) is 13.3. The summed E-state index contributed by atoms with van der Waals surface area (Å²) in [4.78, 5) is 4.55. The van der Waals surface area contributed by atoms with Crippen molar-refractivity contribution in [3.63, 3.8) is 0 Å². The van der Waals surface area contributed by atoms with E-state index >= 15 is 0 Å². The molecule has 1 aliphatic rings. The van der Waals surface area contributed by atoms with Crippen LogP contribution in [0.25, 0.3) is 0 Å². The lowest BCUT2D eigenvalue weighted by molar-refractivity contribution is 0.251. The minimum Gasteiger partial charge on any atom is -0.497 e. The highest BCUT2D eigenvalue weighted by Gasteiger charge is 2.25. The van der Waals surface area contributed by atoms with Crippen LogP contribution in [0.5, 0.6) is 5.75 Å². The molecule has 0 spiro atoms. The van der Waals surface area contributed by atoms with E-state index in [1.54, 1.807) is 7.11 Å². The molecule has 100 valence electrons. The summed E-state index contributed by atoms with van der Waals surface area (Å²) in [5, 5.41) is 3.67. The normalized spacial score (nSPS) is 18.6. The van der Waals surface area contributed by atoms with Gasteiger partial charge in [0.25, 0.3) is 0 Å². The van der Waals surface area contributed by atoms with Gasteiger partial charge in [-0.3, -0.25) is 4.98 Å². The topological polar surface area (TPSA) is 34.1 Å². The van der Waals surface area contributed by atoms with Crippen molar-refractivity contribution in [1.29, 1.82) is 0 Å². The first-order chi connectivity index (χ1) is 8.61. The molecule has 1 N–H and O–H groups in total. The fourth-order valence-corrected chi connectivity index (χ4v) is 2.72. The molecule has 0 bridgehead atoms. The number of methoxy groups -OCH3 is 1. The van der Waals surface area contributed by atoms with E-state index in [0.29, 0.717) is 0 Å². The van der Waals surface area contributed by atoms with Crippen LogP contribution in [0.1, 0.15) is 50.4 Å². The first-order valence-electron chi connectivity index (χ1n) is 6.88. The third-order valence-electron chi connectivity index (χ3n) is 3.87. The van der Waals surface area contributed by atoms with Gasteiger partial charge in [-0.05, 0) is 26.7 Å². The van der Waals surface area contributed by atoms with Gasteiger partial charge in [0.1, 0.15) is 5.75 Å². The number of pyridine rings is 1. The smallest absolute Gasteiger partial charge is 0.122 e. The van der Waals surface area contributed by atoms with Crippen molar-refractivity contribution in [2.75, 3.05) is 7.11 Å². The van der Waals surface area contributed by atoms with Gasteiger partial charge in [-0.15, -0.1) is 0 Å². The van der Waals surface area contributed by atoms with Crippen molar-refractivity contribution < 1.29 is 4.74 Å². The van der Waals surface area contributed by atoms with E-state index in [4.69, 9.17) is 4.74 Å². The van der Waals surface area contributed by atoms with Gasteiger partial charge in [-0.25, -0.2) is 0 Å². The maximum atomic E-state index is 5.28. The molecule has 3 heteroatoms. The van der Waals surface area contributed by atoms with Crippen molar-refractivity contribution >= 4 is 0 Å². The largest absolute Gasteiger partial charge is 0.497 e. The van der Waals surface area contributed by atoms with Crippen molar-refractivity contribution in [2.45, 2.75) is 58.0 Å². The highest BCUT2D eigenvalue weighted by molar-refractivity contribution is 5.26. The molecule has 1 aromatic heterocycles. The van der Waals surface area contributed by atoms with E-state index in [1.165, 1.54) is 32.1 Å². The Hall–Kier alpha value is -1.09. The van der Waals surface area contributed by atoms with Gasteiger partial charge in [0, 0.05) is 29.9 Å². The number of nitrogens with zero attached hydrogens (tertiary/aromatic N) is 1. The van der Waals surface area contributed by atoms with Crippen LogP contribution in [-0.2, 0) is 6.54 Å². The third kappa shape index (κ3) is 3.45. The van der Waals surface area contributed by atoms with E-state index in [1.807, 2.05) is 19.1 Å². The predicted octanol–water partition coefficient (Wildman–Crippen LogP) is 3.21. The van der Waals surface area contributed by atoms with Gasteiger partial charge < -0.3 is 10.1 Å². The minimum atomic E-state index is 0.289. The lowest BCUT2D eigenvalue weighted by atomic mass is 9.83. The van der Waals surface area contributed by atoms with E-state index in [2.05, 4.69) is 17.2 Å². The third-order valence-corrected chi connectivity index (χ3v) is 3.87. The molecule has 18 heavy (non-hydrogen) atoms. The molecule has 1 heterocycles. The molecule has 1 aromatic rings. The van der Waals surface area contributed by atoms with Crippen LogP contribution in [0.4, 0.5) is 0 Å². The Morgan fingerprint density at radius 2 is 2.00 bits per heavy atom. The maximum Gasteiger partial charge on any atom is 0.122 e. The van der Waals surface area contributed by atoms with Crippen LogP contribution in [-0.4, -0.2) is 17.6 Å². The molecular weight excluding hydrogens is 224 g/mol. The van der Waals surface area contributed by atoms with Gasteiger partial charge in [-0.1, -0.05) is 19.3 Å². The molecule has 3 nitrogen and oxygen atoms in total. The Kier molecular flexibility index (Phi) is 4.23. The van der Waals surface area contributed by atoms with Crippen molar-refractivity contribution in [1.82, 2.24) is 10.3 Å². The Morgan fingerprint density at radius 1 is 1.28 bits per heavy atom. The Labute approximate surface area is 110 Å². The highest BCUT2D eigenvalue weighted by Crippen LogP contribution is 2.27. The summed E-state index contributed by atoms with van der Waals surface area (Å²) in [7, 11) is 1.70. The number of ether oxygens (including phenoxy) is 1. The first-order valence-corrected chi connectivity index (χ1v) is 6.88. The quantitative estimate of drug-likeness (QED) is 0.888. The summed E-state index contributed by atoms with van der Waals surface area (Å²) in [6.45, 7) is 5.17. The maximum absolute atomic E-state index is 5.28. The van der Waals surface area contributed by atoms with Crippen LogP contribution >= 0.6 is 0 Å². The van der Waals surface area contributed by atoms with E-state index < -0.39 is 0 Å². The lowest BCUT2D eigenvalue weighted by Crippen LogP contribution is -2.43. The average Bonchev–Trinajstić information content (AvgIpc) is 2.37. The highest BCUT2D eigenvalue weighted by atomic mass is 16.5.